The Bertz CT molecular complexity index is 514. The second kappa shape index (κ2) is 6.12. The van der Waals surface area contributed by atoms with Crippen LogP contribution in [0.25, 0.3) is 0 Å². The number of hydrogen-bond donors (Lipinski definition) is 1. The van der Waals surface area contributed by atoms with Crippen LogP contribution in [-0.4, -0.2) is 16.5 Å². The molecule has 0 aliphatic heterocycles. The first kappa shape index (κ1) is 12.5. The van der Waals surface area contributed by atoms with Gasteiger partial charge in [0.1, 0.15) is 11.5 Å². The van der Waals surface area contributed by atoms with Gasteiger partial charge in [-0.2, -0.15) is 0 Å². The molecular formula is C14H17N3O. The molecule has 94 valence electrons. The van der Waals surface area contributed by atoms with Gasteiger partial charge in [-0.25, -0.2) is 0 Å². The van der Waals surface area contributed by atoms with Crippen LogP contribution in [0.2, 0.25) is 0 Å². The van der Waals surface area contributed by atoms with E-state index in [0.717, 1.165) is 35.8 Å². The van der Waals surface area contributed by atoms with E-state index in [0.29, 0.717) is 0 Å². The molecule has 2 aromatic rings. The van der Waals surface area contributed by atoms with Crippen molar-refractivity contribution in [2.75, 3.05) is 6.54 Å². The molecule has 0 unspecified atom stereocenters. The van der Waals surface area contributed by atoms with Crippen molar-refractivity contribution in [3.05, 3.63) is 48.0 Å². The molecule has 18 heavy (non-hydrogen) atoms. The maximum absolute atomic E-state index is 5.78. The van der Waals surface area contributed by atoms with E-state index in [1.54, 1.807) is 12.4 Å². The number of nitrogens with one attached hydrogen (secondary N) is 1. The van der Waals surface area contributed by atoms with Gasteiger partial charge in [-0.3, -0.25) is 9.97 Å². The third-order valence-electron chi connectivity index (χ3n) is 2.54. The minimum atomic E-state index is 0.738. The van der Waals surface area contributed by atoms with E-state index in [-0.39, 0.29) is 0 Å². The van der Waals surface area contributed by atoms with Gasteiger partial charge in [0.2, 0.25) is 0 Å². The van der Waals surface area contributed by atoms with Crippen molar-refractivity contribution >= 4 is 0 Å². The highest BCUT2D eigenvalue weighted by molar-refractivity contribution is 5.33. The summed E-state index contributed by atoms with van der Waals surface area (Å²) < 4.78 is 5.78. The summed E-state index contributed by atoms with van der Waals surface area (Å²) in [4.78, 5) is 8.37. The lowest BCUT2D eigenvalue weighted by Gasteiger charge is -2.08. The highest BCUT2D eigenvalue weighted by atomic mass is 16.5. The van der Waals surface area contributed by atoms with Gasteiger partial charge in [0, 0.05) is 18.9 Å². The number of ether oxygens (including phenoxy) is 1. The monoisotopic (exact) mass is 243 g/mol. The van der Waals surface area contributed by atoms with Crippen LogP contribution >= 0.6 is 0 Å². The molecule has 1 N–H and O–H groups in total. The fraction of sp³-hybridized carbons (Fsp3) is 0.286. The van der Waals surface area contributed by atoms with E-state index >= 15 is 0 Å². The number of nitrogens with zero attached hydrogens (tertiary/aromatic N) is 2. The molecule has 0 saturated heterocycles. The molecule has 4 heteroatoms. The van der Waals surface area contributed by atoms with Gasteiger partial charge < -0.3 is 10.1 Å². The Morgan fingerprint density at radius 2 is 2.22 bits per heavy atom. The first-order valence-electron chi connectivity index (χ1n) is 6.03. The van der Waals surface area contributed by atoms with Crippen LogP contribution in [0.1, 0.15) is 18.2 Å². The number of hydrogen-bond acceptors (Lipinski definition) is 4. The second-order valence-electron chi connectivity index (χ2n) is 4.00. The Morgan fingerprint density at radius 3 is 3.00 bits per heavy atom. The first-order valence-corrected chi connectivity index (χ1v) is 6.03. The quantitative estimate of drug-likeness (QED) is 0.877. The smallest absolute Gasteiger partial charge is 0.148 e. The number of aromatic nitrogens is 2. The third-order valence-corrected chi connectivity index (χ3v) is 2.54. The number of aryl methyl sites for hydroxylation is 1. The van der Waals surface area contributed by atoms with E-state index in [4.69, 9.17) is 4.74 Å². The summed E-state index contributed by atoms with van der Waals surface area (Å²) in [6.07, 6.45) is 5.30. The molecule has 2 aromatic heterocycles. The van der Waals surface area contributed by atoms with Gasteiger partial charge in [0.15, 0.2) is 0 Å². The summed E-state index contributed by atoms with van der Waals surface area (Å²) in [6, 6.07) is 5.75. The zero-order valence-corrected chi connectivity index (χ0v) is 10.7. The van der Waals surface area contributed by atoms with Crippen molar-refractivity contribution in [2.45, 2.75) is 20.4 Å². The maximum atomic E-state index is 5.78. The Kier molecular flexibility index (Phi) is 4.25. The zero-order chi connectivity index (χ0) is 12.8. The molecule has 4 nitrogen and oxygen atoms in total. The second-order valence-corrected chi connectivity index (χ2v) is 4.00. The molecule has 0 aliphatic rings. The average Bonchev–Trinajstić information content (AvgIpc) is 2.40. The van der Waals surface area contributed by atoms with Crippen LogP contribution in [0.3, 0.4) is 0 Å². The van der Waals surface area contributed by atoms with Gasteiger partial charge in [-0.1, -0.05) is 6.92 Å². The Labute approximate surface area is 107 Å². The predicted octanol–water partition coefficient (Wildman–Crippen LogP) is 2.69. The highest BCUT2D eigenvalue weighted by Gasteiger charge is 2.02. The molecule has 2 heterocycles. The Balaban J connectivity index is 2.12. The van der Waals surface area contributed by atoms with Crippen LogP contribution in [-0.2, 0) is 6.54 Å². The van der Waals surface area contributed by atoms with E-state index < -0.39 is 0 Å². The summed E-state index contributed by atoms with van der Waals surface area (Å²) in [7, 11) is 0. The van der Waals surface area contributed by atoms with Crippen molar-refractivity contribution in [3.63, 3.8) is 0 Å². The molecule has 0 amide bonds. The summed E-state index contributed by atoms with van der Waals surface area (Å²) in [5, 5.41) is 3.26. The molecule has 0 bridgehead atoms. The lowest BCUT2D eigenvalue weighted by molar-refractivity contribution is 0.472. The molecule has 0 radical (unpaired) electrons. The fourth-order valence-electron chi connectivity index (χ4n) is 1.59. The van der Waals surface area contributed by atoms with E-state index in [2.05, 4.69) is 22.2 Å². The van der Waals surface area contributed by atoms with Crippen molar-refractivity contribution in [1.82, 2.24) is 15.3 Å². The fourth-order valence-corrected chi connectivity index (χ4v) is 1.59. The van der Waals surface area contributed by atoms with Crippen molar-refractivity contribution in [3.8, 4) is 11.5 Å². The SMILES string of the molecule is CCNCc1cncc(Oc2cccnc2C)c1. The minimum absolute atomic E-state index is 0.738. The molecule has 2 rings (SSSR count). The Hall–Kier alpha value is -1.94. The number of rotatable bonds is 5. The first-order chi connectivity index (χ1) is 8.79. The standard InChI is InChI=1S/C14H17N3O/c1-3-15-8-12-7-13(10-16-9-12)18-14-5-4-6-17-11(14)2/h4-7,9-10,15H,3,8H2,1-2H3. The van der Waals surface area contributed by atoms with Gasteiger partial charge in [0.05, 0.1) is 11.9 Å². The largest absolute Gasteiger partial charge is 0.454 e. The van der Waals surface area contributed by atoms with E-state index in [1.807, 2.05) is 31.3 Å². The topological polar surface area (TPSA) is 47.0 Å². The average molecular weight is 243 g/mol. The summed E-state index contributed by atoms with van der Waals surface area (Å²) in [5.41, 5.74) is 1.98. The molecule has 0 saturated carbocycles. The molecule has 0 atom stereocenters. The van der Waals surface area contributed by atoms with E-state index in [9.17, 15) is 0 Å². The van der Waals surface area contributed by atoms with Crippen molar-refractivity contribution < 1.29 is 4.74 Å². The van der Waals surface area contributed by atoms with Crippen LogP contribution in [0.5, 0.6) is 11.5 Å². The normalized spacial score (nSPS) is 10.3. The third kappa shape index (κ3) is 3.28. The van der Waals surface area contributed by atoms with Gasteiger partial charge in [-0.05, 0) is 37.2 Å². The van der Waals surface area contributed by atoms with Gasteiger partial charge in [-0.15, -0.1) is 0 Å². The maximum Gasteiger partial charge on any atom is 0.148 e. The summed E-state index contributed by atoms with van der Waals surface area (Å²) in [6.45, 7) is 5.73. The molecule has 0 spiro atoms. The van der Waals surface area contributed by atoms with Crippen molar-refractivity contribution in [1.29, 1.82) is 0 Å². The van der Waals surface area contributed by atoms with Gasteiger partial charge >= 0.3 is 0 Å². The summed E-state index contributed by atoms with van der Waals surface area (Å²) >= 11 is 0. The highest BCUT2D eigenvalue weighted by Crippen LogP contribution is 2.23. The van der Waals surface area contributed by atoms with Crippen LogP contribution < -0.4 is 10.1 Å². The van der Waals surface area contributed by atoms with Crippen molar-refractivity contribution in [2.24, 2.45) is 0 Å². The number of pyridine rings is 2. The van der Waals surface area contributed by atoms with E-state index in [1.165, 1.54) is 0 Å². The minimum Gasteiger partial charge on any atom is -0.454 e. The Morgan fingerprint density at radius 1 is 1.33 bits per heavy atom. The lowest BCUT2D eigenvalue weighted by atomic mass is 10.2. The summed E-state index contributed by atoms with van der Waals surface area (Å²) in [5.74, 6) is 1.50. The van der Waals surface area contributed by atoms with Crippen LogP contribution in [0.15, 0.2) is 36.8 Å². The molecule has 0 aliphatic carbocycles. The van der Waals surface area contributed by atoms with Crippen LogP contribution in [0, 0.1) is 6.92 Å². The van der Waals surface area contributed by atoms with Crippen LogP contribution in [0.4, 0.5) is 0 Å². The van der Waals surface area contributed by atoms with Gasteiger partial charge in [0.25, 0.3) is 0 Å². The molecule has 0 fully saturated rings. The molecule has 0 aromatic carbocycles. The zero-order valence-electron chi connectivity index (χ0n) is 10.7. The molecular weight excluding hydrogens is 226 g/mol. The predicted molar refractivity (Wildman–Crippen MR) is 70.7 cm³/mol. The lowest BCUT2D eigenvalue weighted by Crippen LogP contribution is -2.11.